The Bertz CT molecular complexity index is 305. The highest BCUT2D eigenvalue weighted by Crippen LogP contribution is 2.38. The SMILES string of the molecule is CCCNC1CCC2(CC1N(CC)C(C)CC)OCCO2. The summed E-state index contributed by atoms with van der Waals surface area (Å²) in [5.41, 5.74) is 0. The molecule has 4 heteroatoms. The van der Waals surface area contributed by atoms with Crippen LogP contribution < -0.4 is 5.32 Å². The number of hydrogen-bond donors (Lipinski definition) is 1. The molecule has 0 amide bonds. The van der Waals surface area contributed by atoms with Crippen molar-refractivity contribution in [2.45, 2.75) is 83.7 Å². The van der Waals surface area contributed by atoms with Gasteiger partial charge < -0.3 is 14.8 Å². The van der Waals surface area contributed by atoms with Gasteiger partial charge in [-0.3, -0.25) is 4.90 Å². The smallest absolute Gasteiger partial charge is 0.170 e. The first kappa shape index (κ1) is 17.2. The highest BCUT2D eigenvalue weighted by Gasteiger charge is 2.46. The first-order valence-electron chi connectivity index (χ1n) is 8.92. The Morgan fingerprint density at radius 1 is 1.24 bits per heavy atom. The molecule has 124 valence electrons. The molecule has 21 heavy (non-hydrogen) atoms. The summed E-state index contributed by atoms with van der Waals surface area (Å²) in [4.78, 5) is 2.65. The summed E-state index contributed by atoms with van der Waals surface area (Å²) in [7, 11) is 0. The highest BCUT2D eigenvalue weighted by molar-refractivity contribution is 4.97. The Morgan fingerprint density at radius 3 is 2.52 bits per heavy atom. The molecule has 0 aromatic heterocycles. The summed E-state index contributed by atoms with van der Waals surface area (Å²) in [6, 6.07) is 1.70. The molecule has 3 unspecified atom stereocenters. The van der Waals surface area contributed by atoms with E-state index in [0.717, 1.165) is 45.6 Å². The molecule has 1 saturated carbocycles. The molecule has 0 aromatic rings. The van der Waals surface area contributed by atoms with Crippen LogP contribution in [0.1, 0.15) is 59.8 Å². The molecule has 0 aromatic carbocycles. The van der Waals surface area contributed by atoms with Crippen molar-refractivity contribution in [2.24, 2.45) is 0 Å². The van der Waals surface area contributed by atoms with Crippen molar-refractivity contribution in [3.05, 3.63) is 0 Å². The second-order valence-corrected chi connectivity index (χ2v) is 6.57. The third-order valence-electron chi connectivity index (χ3n) is 5.24. The lowest BCUT2D eigenvalue weighted by atomic mass is 9.83. The van der Waals surface area contributed by atoms with Crippen LogP contribution in [0.4, 0.5) is 0 Å². The Morgan fingerprint density at radius 2 is 1.95 bits per heavy atom. The lowest BCUT2D eigenvalue weighted by Gasteiger charge is -2.47. The van der Waals surface area contributed by atoms with Crippen molar-refractivity contribution in [1.29, 1.82) is 0 Å². The molecular formula is C17H34N2O2. The van der Waals surface area contributed by atoms with E-state index in [0.29, 0.717) is 18.1 Å². The van der Waals surface area contributed by atoms with Crippen molar-refractivity contribution in [2.75, 3.05) is 26.3 Å². The van der Waals surface area contributed by atoms with Crippen LogP contribution in [0.15, 0.2) is 0 Å². The molecule has 1 heterocycles. The van der Waals surface area contributed by atoms with E-state index in [9.17, 15) is 0 Å². The molecule has 4 nitrogen and oxygen atoms in total. The second kappa shape index (κ2) is 7.91. The zero-order valence-electron chi connectivity index (χ0n) is 14.4. The Hall–Kier alpha value is -0.160. The van der Waals surface area contributed by atoms with Crippen LogP contribution in [0.25, 0.3) is 0 Å². The number of nitrogens with zero attached hydrogens (tertiary/aromatic N) is 1. The molecule has 1 aliphatic heterocycles. The summed E-state index contributed by atoms with van der Waals surface area (Å²) < 4.78 is 12.0. The van der Waals surface area contributed by atoms with Crippen LogP contribution in [-0.4, -0.2) is 55.1 Å². The fourth-order valence-electron chi connectivity index (χ4n) is 3.91. The van der Waals surface area contributed by atoms with Gasteiger partial charge in [-0.05, 0) is 39.3 Å². The Balaban J connectivity index is 2.10. The fourth-order valence-corrected chi connectivity index (χ4v) is 3.91. The maximum Gasteiger partial charge on any atom is 0.170 e. The van der Waals surface area contributed by atoms with E-state index in [1.54, 1.807) is 0 Å². The summed E-state index contributed by atoms with van der Waals surface area (Å²) in [5.74, 6) is -0.296. The predicted octanol–water partition coefficient (Wildman–Crippen LogP) is 2.77. The van der Waals surface area contributed by atoms with E-state index in [1.165, 1.54) is 12.8 Å². The van der Waals surface area contributed by atoms with Gasteiger partial charge in [-0.15, -0.1) is 0 Å². The molecule has 1 N–H and O–H groups in total. The van der Waals surface area contributed by atoms with Gasteiger partial charge in [-0.25, -0.2) is 0 Å². The van der Waals surface area contributed by atoms with Gasteiger partial charge in [0.05, 0.1) is 13.2 Å². The average Bonchev–Trinajstić information content (AvgIpc) is 2.95. The number of ether oxygens (including phenoxy) is 2. The molecule has 2 rings (SSSR count). The van der Waals surface area contributed by atoms with Crippen LogP contribution >= 0.6 is 0 Å². The van der Waals surface area contributed by atoms with Crippen LogP contribution in [0.5, 0.6) is 0 Å². The van der Waals surface area contributed by atoms with Crippen molar-refractivity contribution in [1.82, 2.24) is 10.2 Å². The van der Waals surface area contributed by atoms with E-state index >= 15 is 0 Å². The molecule has 0 bridgehead atoms. The van der Waals surface area contributed by atoms with Gasteiger partial charge in [0.15, 0.2) is 5.79 Å². The van der Waals surface area contributed by atoms with E-state index in [-0.39, 0.29) is 5.79 Å². The zero-order chi connectivity index (χ0) is 15.3. The Kier molecular flexibility index (Phi) is 6.48. The van der Waals surface area contributed by atoms with Crippen LogP contribution in [0, 0.1) is 0 Å². The first-order valence-corrected chi connectivity index (χ1v) is 8.92. The molecule has 0 radical (unpaired) electrons. The standard InChI is InChI=1S/C17H34N2O2/c1-5-10-18-15-8-9-17(20-11-12-21-17)13-16(15)19(7-3)14(4)6-2/h14-16,18H,5-13H2,1-4H3. The number of likely N-dealkylation sites (N-methyl/N-ethyl adjacent to an activating group) is 1. The van der Waals surface area contributed by atoms with E-state index < -0.39 is 0 Å². The third kappa shape index (κ3) is 3.98. The van der Waals surface area contributed by atoms with Crippen LogP contribution in [0.3, 0.4) is 0 Å². The molecule has 1 spiro atoms. The maximum absolute atomic E-state index is 6.00. The topological polar surface area (TPSA) is 33.7 Å². The number of nitrogens with one attached hydrogen (secondary N) is 1. The lowest BCUT2D eigenvalue weighted by molar-refractivity contribution is -0.195. The number of hydrogen-bond acceptors (Lipinski definition) is 4. The van der Waals surface area contributed by atoms with Gasteiger partial charge in [0.1, 0.15) is 0 Å². The minimum Gasteiger partial charge on any atom is -0.347 e. The second-order valence-electron chi connectivity index (χ2n) is 6.57. The Labute approximate surface area is 130 Å². The zero-order valence-corrected chi connectivity index (χ0v) is 14.4. The van der Waals surface area contributed by atoms with E-state index in [1.807, 2.05) is 0 Å². The molecule has 1 saturated heterocycles. The van der Waals surface area contributed by atoms with Crippen molar-refractivity contribution < 1.29 is 9.47 Å². The van der Waals surface area contributed by atoms with E-state index in [4.69, 9.17) is 9.47 Å². The van der Waals surface area contributed by atoms with E-state index in [2.05, 4.69) is 37.9 Å². The normalized spacial score (nSPS) is 30.1. The molecule has 3 atom stereocenters. The average molecular weight is 298 g/mol. The molecule has 2 aliphatic rings. The van der Waals surface area contributed by atoms with Crippen LogP contribution in [-0.2, 0) is 9.47 Å². The van der Waals surface area contributed by atoms with Gasteiger partial charge in [-0.1, -0.05) is 20.8 Å². The van der Waals surface area contributed by atoms with Crippen molar-refractivity contribution >= 4 is 0 Å². The maximum atomic E-state index is 6.00. The lowest BCUT2D eigenvalue weighted by Crippen LogP contribution is -2.59. The van der Waals surface area contributed by atoms with Gasteiger partial charge >= 0.3 is 0 Å². The molecular weight excluding hydrogens is 264 g/mol. The monoisotopic (exact) mass is 298 g/mol. The van der Waals surface area contributed by atoms with Gasteiger partial charge in [0.2, 0.25) is 0 Å². The fraction of sp³-hybridized carbons (Fsp3) is 1.00. The first-order chi connectivity index (χ1) is 10.2. The highest BCUT2D eigenvalue weighted by atomic mass is 16.7. The van der Waals surface area contributed by atoms with Crippen molar-refractivity contribution in [3.63, 3.8) is 0 Å². The largest absolute Gasteiger partial charge is 0.347 e. The summed E-state index contributed by atoms with van der Waals surface area (Å²) in [6.45, 7) is 12.9. The van der Waals surface area contributed by atoms with Crippen LogP contribution in [0.2, 0.25) is 0 Å². The quantitative estimate of drug-likeness (QED) is 0.783. The van der Waals surface area contributed by atoms with Gasteiger partial charge in [0.25, 0.3) is 0 Å². The third-order valence-corrected chi connectivity index (χ3v) is 5.24. The molecule has 1 aliphatic carbocycles. The number of rotatable bonds is 7. The minimum atomic E-state index is -0.296. The summed E-state index contributed by atoms with van der Waals surface area (Å²) >= 11 is 0. The minimum absolute atomic E-state index is 0.296. The van der Waals surface area contributed by atoms with Gasteiger partial charge in [0, 0.05) is 31.0 Å². The predicted molar refractivity (Wildman–Crippen MR) is 86.5 cm³/mol. The summed E-state index contributed by atoms with van der Waals surface area (Å²) in [6.07, 6.45) is 5.57. The molecule has 2 fully saturated rings. The summed E-state index contributed by atoms with van der Waals surface area (Å²) in [5, 5.41) is 3.77. The van der Waals surface area contributed by atoms with Gasteiger partial charge in [-0.2, -0.15) is 0 Å². The van der Waals surface area contributed by atoms with Crippen molar-refractivity contribution in [3.8, 4) is 0 Å².